The summed E-state index contributed by atoms with van der Waals surface area (Å²) >= 11 is 2.18. The van der Waals surface area contributed by atoms with Crippen molar-refractivity contribution in [2.24, 2.45) is 0 Å². The molecule has 1 fully saturated rings. The first-order chi connectivity index (χ1) is 7.94. The third kappa shape index (κ3) is 3.77. The van der Waals surface area contributed by atoms with Crippen LogP contribution in [0.2, 0.25) is 0 Å². The number of hydrogen-bond acceptors (Lipinski definition) is 4. The van der Waals surface area contributed by atoms with Crippen LogP contribution >= 0.6 is 22.6 Å². The molecule has 1 aliphatic heterocycles. The lowest BCUT2D eigenvalue weighted by Gasteiger charge is -2.26. The van der Waals surface area contributed by atoms with Crippen LogP contribution in [0.5, 0.6) is 0 Å². The highest BCUT2D eigenvalue weighted by Gasteiger charge is 2.26. The van der Waals surface area contributed by atoms with Crippen molar-refractivity contribution in [1.29, 1.82) is 0 Å². The zero-order valence-corrected chi connectivity index (χ0v) is 12.7. The van der Waals surface area contributed by atoms with E-state index in [1.54, 1.807) is 0 Å². The van der Waals surface area contributed by atoms with Gasteiger partial charge in [-0.1, -0.05) is 0 Å². The van der Waals surface area contributed by atoms with E-state index in [0.29, 0.717) is 6.04 Å². The normalized spacial score (nSPS) is 20.9. The molecule has 1 N–H and O–H groups in total. The fraction of sp³-hybridized carbons (Fsp3) is 0.667. The Kier molecular flexibility index (Phi) is 3.87. The van der Waals surface area contributed by atoms with E-state index in [2.05, 4.69) is 63.8 Å². The van der Waals surface area contributed by atoms with E-state index >= 15 is 0 Å². The Balaban J connectivity index is 1.96. The molecule has 2 rings (SSSR count). The lowest BCUT2D eigenvalue weighted by molar-refractivity contribution is 0.373. The summed E-state index contributed by atoms with van der Waals surface area (Å²) in [5, 5.41) is 12.0. The molecule has 1 atom stereocenters. The number of nitrogens with one attached hydrogen (secondary N) is 1. The van der Waals surface area contributed by atoms with Crippen molar-refractivity contribution in [2.45, 2.75) is 38.8 Å². The molecule has 1 aliphatic rings. The first kappa shape index (κ1) is 13.0. The Morgan fingerprint density at radius 1 is 1.35 bits per heavy atom. The van der Waals surface area contributed by atoms with Crippen LogP contribution in [0.1, 0.15) is 27.2 Å². The number of halogens is 1. The molecule has 17 heavy (non-hydrogen) atoms. The second-order valence-electron chi connectivity index (χ2n) is 5.54. The minimum absolute atomic E-state index is 0.179. The van der Waals surface area contributed by atoms with Gasteiger partial charge in [-0.05, 0) is 61.9 Å². The van der Waals surface area contributed by atoms with Crippen molar-refractivity contribution < 1.29 is 0 Å². The van der Waals surface area contributed by atoms with Crippen LogP contribution in [0.4, 0.5) is 5.82 Å². The Hall–Kier alpha value is -0.430. The van der Waals surface area contributed by atoms with Crippen molar-refractivity contribution in [2.75, 3.05) is 18.0 Å². The van der Waals surface area contributed by atoms with E-state index in [1.807, 2.05) is 12.1 Å². The van der Waals surface area contributed by atoms with Gasteiger partial charge in [-0.15, -0.1) is 10.2 Å². The first-order valence-electron chi connectivity index (χ1n) is 5.96. The molecule has 0 aliphatic carbocycles. The quantitative estimate of drug-likeness (QED) is 0.833. The maximum absolute atomic E-state index is 4.23. The maximum Gasteiger partial charge on any atom is 0.151 e. The summed E-state index contributed by atoms with van der Waals surface area (Å²) in [7, 11) is 0. The van der Waals surface area contributed by atoms with Crippen LogP contribution in [0, 0.1) is 3.70 Å². The predicted octanol–water partition coefficient (Wildman–Crippen LogP) is 2.05. The van der Waals surface area contributed by atoms with Gasteiger partial charge in [0.1, 0.15) is 3.70 Å². The highest BCUT2D eigenvalue weighted by Crippen LogP contribution is 2.19. The molecule has 2 heterocycles. The number of rotatable bonds is 2. The Bertz CT molecular complexity index is 371. The molecular formula is C12H19IN4. The summed E-state index contributed by atoms with van der Waals surface area (Å²) in [4.78, 5) is 2.30. The van der Waals surface area contributed by atoms with Gasteiger partial charge >= 0.3 is 0 Å². The standard InChI is InChI=1S/C12H19IN4/c1-12(2,3)14-9-6-7-17(8-9)11-5-4-10(13)15-16-11/h4-5,9,14H,6-8H2,1-3H3. The van der Waals surface area contributed by atoms with Gasteiger partial charge in [0.25, 0.3) is 0 Å². The molecule has 0 saturated carbocycles. The summed E-state index contributed by atoms with van der Waals surface area (Å²) in [6.45, 7) is 8.70. The minimum Gasteiger partial charge on any atom is -0.354 e. The van der Waals surface area contributed by atoms with Crippen LogP contribution in [0.3, 0.4) is 0 Å². The van der Waals surface area contributed by atoms with Gasteiger partial charge in [0.2, 0.25) is 0 Å². The lowest BCUT2D eigenvalue weighted by Crippen LogP contribution is -2.45. The van der Waals surface area contributed by atoms with Gasteiger partial charge in [0, 0.05) is 24.7 Å². The van der Waals surface area contributed by atoms with E-state index in [1.165, 1.54) is 6.42 Å². The highest BCUT2D eigenvalue weighted by atomic mass is 127. The molecule has 94 valence electrons. The Morgan fingerprint density at radius 3 is 2.71 bits per heavy atom. The summed E-state index contributed by atoms with van der Waals surface area (Å²) in [6.07, 6.45) is 1.17. The summed E-state index contributed by atoms with van der Waals surface area (Å²) in [6, 6.07) is 4.61. The average molecular weight is 346 g/mol. The van der Waals surface area contributed by atoms with E-state index in [4.69, 9.17) is 0 Å². The molecule has 0 amide bonds. The molecular weight excluding hydrogens is 327 g/mol. The largest absolute Gasteiger partial charge is 0.354 e. The van der Waals surface area contributed by atoms with Gasteiger partial charge in [-0.25, -0.2) is 0 Å². The van der Waals surface area contributed by atoms with Crippen molar-refractivity contribution in [1.82, 2.24) is 15.5 Å². The Labute approximate surface area is 116 Å². The van der Waals surface area contributed by atoms with Gasteiger partial charge < -0.3 is 10.2 Å². The van der Waals surface area contributed by atoms with Gasteiger partial charge in [0.15, 0.2) is 5.82 Å². The number of hydrogen-bond donors (Lipinski definition) is 1. The first-order valence-corrected chi connectivity index (χ1v) is 7.04. The van der Waals surface area contributed by atoms with Crippen molar-refractivity contribution in [3.8, 4) is 0 Å². The minimum atomic E-state index is 0.179. The summed E-state index contributed by atoms with van der Waals surface area (Å²) < 4.78 is 0.940. The third-order valence-electron chi connectivity index (χ3n) is 2.77. The second kappa shape index (κ2) is 5.06. The predicted molar refractivity (Wildman–Crippen MR) is 78.3 cm³/mol. The fourth-order valence-electron chi connectivity index (χ4n) is 2.18. The van der Waals surface area contributed by atoms with Gasteiger partial charge in [-0.2, -0.15) is 0 Å². The lowest BCUT2D eigenvalue weighted by atomic mass is 10.1. The Morgan fingerprint density at radius 2 is 2.12 bits per heavy atom. The van der Waals surface area contributed by atoms with Crippen molar-refractivity contribution in [3.05, 3.63) is 15.8 Å². The van der Waals surface area contributed by atoms with Gasteiger partial charge in [-0.3, -0.25) is 0 Å². The van der Waals surface area contributed by atoms with E-state index in [0.717, 1.165) is 22.6 Å². The van der Waals surface area contributed by atoms with Crippen LogP contribution in [0.15, 0.2) is 12.1 Å². The summed E-state index contributed by atoms with van der Waals surface area (Å²) in [5.74, 6) is 0.989. The van der Waals surface area contributed by atoms with Crippen LogP contribution in [-0.4, -0.2) is 34.9 Å². The van der Waals surface area contributed by atoms with Crippen LogP contribution in [0.25, 0.3) is 0 Å². The SMILES string of the molecule is CC(C)(C)NC1CCN(c2ccc(I)nn2)C1. The monoisotopic (exact) mass is 346 g/mol. The molecule has 0 spiro atoms. The molecule has 0 aromatic carbocycles. The van der Waals surface area contributed by atoms with Crippen LogP contribution in [-0.2, 0) is 0 Å². The second-order valence-corrected chi connectivity index (χ2v) is 6.65. The average Bonchev–Trinajstić information content (AvgIpc) is 2.64. The molecule has 1 unspecified atom stereocenters. The van der Waals surface area contributed by atoms with E-state index < -0.39 is 0 Å². The molecule has 0 radical (unpaired) electrons. The highest BCUT2D eigenvalue weighted by molar-refractivity contribution is 14.1. The molecule has 1 aromatic heterocycles. The van der Waals surface area contributed by atoms with Crippen LogP contribution < -0.4 is 10.2 Å². The molecule has 1 saturated heterocycles. The molecule has 5 heteroatoms. The zero-order chi connectivity index (χ0) is 12.5. The fourth-order valence-corrected chi connectivity index (χ4v) is 2.46. The third-order valence-corrected chi connectivity index (χ3v) is 3.34. The zero-order valence-electron chi connectivity index (χ0n) is 10.6. The van der Waals surface area contributed by atoms with Crippen molar-refractivity contribution in [3.63, 3.8) is 0 Å². The van der Waals surface area contributed by atoms with E-state index in [9.17, 15) is 0 Å². The molecule has 0 bridgehead atoms. The van der Waals surface area contributed by atoms with Crippen molar-refractivity contribution >= 4 is 28.4 Å². The maximum atomic E-state index is 4.23. The van der Waals surface area contributed by atoms with E-state index in [-0.39, 0.29) is 5.54 Å². The topological polar surface area (TPSA) is 41.0 Å². The number of aromatic nitrogens is 2. The van der Waals surface area contributed by atoms with Gasteiger partial charge in [0.05, 0.1) is 0 Å². The summed E-state index contributed by atoms with van der Waals surface area (Å²) in [5.41, 5.74) is 0.179. The number of anilines is 1. The number of nitrogens with zero attached hydrogens (tertiary/aromatic N) is 3. The molecule has 4 nitrogen and oxygen atoms in total. The molecule has 1 aromatic rings. The smallest absolute Gasteiger partial charge is 0.151 e.